The van der Waals surface area contributed by atoms with Crippen LogP contribution in [0, 0.1) is 0 Å². The van der Waals surface area contributed by atoms with Crippen molar-refractivity contribution < 1.29 is 8.42 Å². The van der Waals surface area contributed by atoms with E-state index >= 15 is 0 Å². The van der Waals surface area contributed by atoms with Crippen LogP contribution in [0.25, 0.3) is 0 Å². The Balaban J connectivity index is 2.13. The molecule has 0 radical (unpaired) electrons. The first-order chi connectivity index (χ1) is 7.18. The zero-order chi connectivity index (χ0) is 10.7. The van der Waals surface area contributed by atoms with E-state index in [9.17, 15) is 8.42 Å². The molecule has 0 spiro atoms. The van der Waals surface area contributed by atoms with Gasteiger partial charge in [-0.3, -0.25) is 0 Å². The molecule has 6 heteroatoms. The van der Waals surface area contributed by atoms with Crippen molar-refractivity contribution in [2.45, 2.75) is 24.0 Å². The second-order valence-electron chi connectivity index (χ2n) is 3.61. The molecule has 1 aromatic heterocycles. The highest BCUT2D eigenvalue weighted by Crippen LogP contribution is 2.11. The zero-order valence-electron chi connectivity index (χ0n) is 8.26. The Morgan fingerprint density at radius 2 is 2.13 bits per heavy atom. The van der Waals surface area contributed by atoms with Gasteiger partial charge in [-0.25, -0.2) is 18.4 Å². The third-order valence-corrected chi connectivity index (χ3v) is 4.01. The molecule has 1 atom stereocenters. The van der Waals surface area contributed by atoms with Gasteiger partial charge in [0.15, 0.2) is 0 Å². The van der Waals surface area contributed by atoms with Gasteiger partial charge < -0.3 is 5.32 Å². The molecule has 1 fully saturated rings. The lowest BCUT2D eigenvalue weighted by Gasteiger charge is -2.09. The minimum absolute atomic E-state index is 0.0545. The van der Waals surface area contributed by atoms with Gasteiger partial charge in [0.1, 0.15) is 0 Å². The fraction of sp³-hybridized carbons (Fsp3) is 0.556. The molecule has 2 heterocycles. The second-order valence-corrected chi connectivity index (χ2v) is 5.53. The van der Waals surface area contributed by atoms with Crippen LogP contribution in [0.2, 0.25) is 0 Å². The summed E-state index contributed by atoms with van der Waals surface area (Å²) in [6.07, 6.45) is 4.84. The minimum atomic E-state index is -3.33. The van der Waals surface area contributed by atoms with Crippen molar-refractivity contribution in [3.05, 3.63) is 18.5 Å². The number of nitrogens with one attached hydrogen (secondary N) is 1. The Morgan fingerprint density at radius 1 is 1.40 bits per heavy atom. The molecular formula is C9H13N3O2S. The van der Waals surface area contributed by atoms with Crippen LogP contribution in [0.5, 0.6) is 0 Å². The van der Waals surface area contributed by atoms with E-state index in [0.717, 1.165) is 19.4 Å². The number of sulfone groups is 1. The van der Waals surface area contributed by atoms with Gasteiger partial charge in [-0.1, -0.05) is 0 Å². The molecule has 15 heavy (non-hydrogen) atoms. The smallest absolute Gasteiger partial charge is 0.247 e. The van der Waals surface area contributed by atoms with E-state index < -0.39 is 9.84 Å². The molecule has 0 saturated carbocycles. The number of nitrogens with zero attached hydrogens (tertiary/aromatic N) is 2. The van der Waals surface area contributed by atoms with Crippen molar-refractivity contribution in [2.24, 2.45) is 0 Å². The largest absolute Gasteiger partial charge is 0.313 e. The summed E-state index contributed by atoms with van der Waals surface area (Å²) in [6, 6.07) is 1.66. The molecule has 2 rings (SSSR count). The number of aromatic nitrogens is 2. The van der Waals surface area contributed by atoms with Crippen LogP contribution in [-0.4, -0.2) is 36.7 Å². The normalized spacial score (nSPS) is 21.7. The maximum atomic E-state index is 11.8. The van der Waals surface area contributed by atoms with E-state index in [1.54, 1.807) is 6.07 Å². The van der Waals surface area contributed by atoms with E-state index in [1.807, 2.05) is 0 Å². The van der Waals surface area contributed by atoms with E-state index in [1.165, 1.54) is 12.4 Å². The van der Waals surface area contributed by atoms with Gasteiger partial charge in [0.05, 0.1) is 5.75 Å². The first-order valence-corrected chi connectivity index (χ1v) is 6.57. The molecule has 1 unspecified atom stereocenters. The molecule has 0 amide bonds. The summed E-state index contributed by atoms with van der Waals surface area (Å²) < 4.78 is 23.6. The Kier molecular flexibility index (Phi) is 2.97. The molecule has 0 aliphatic carbocycles. The summed E-state index contributed by atoms with van der Waals surface area (Å²) in [5.41, 5.74) is 0. The molecular weight excluding hydrogens is 214 g/mol. The zero-order valence-corrected chi connectivity index (χ0v) is 9.07. The predicted octanol–water partition coefficient (Wildman–Crippen LogP) is 0.00230. The van der Waals surface area contributed by atoms with Crippen LogP contribution in [-0.2, 0) is 9.84 Å². The van der Waals surface area contributed by atoms with Crippen molar-refractivity contribution in [1.82, 2.24) is 15.3 Å². The predicted molar refractivity (Wildman–Crippen MR) is 55.1 cm³/mol. The van der Waals surface area contributed by atoms with Crippen LogP contribution in [0.1, 0.15) is 12.8 Å². The van der Waals surface area contributed by atoms with Crippen LogP contribution >= 0.6 is 0 Å². The summed E-state index contributed by atoms with van der Waals surface area (Å²) in [5.74, 6) is 0.0943. The van der Waals surface area contributed by atoms with E-state index in [-0.39, 0.29) is 17.0 Å². The highest BCUT2D eigenvalue weighted by atomic mass is 32.2. The molecule has 0 aromatic carbocycles. The average molecular weight is 227 g/mol. The van der Waals surface area contributed by atoms with Crippen molar-refractivity contribution >= 4 is 9.84 Å². The maximum absolute atomic E-state index is 11.8. The third-order valence-electron chi connectivity index (χ3n) is 2.40. The molecule has 0 bridgehead atoms. The molecule has 82 valence electrons. The van der Waals surface area contributed by atoms with Gasteiger partial charge in [0.25, 0.3) is 0 Å². The Bertz CT molecular complexity index is 412. The molecule has 1 aliphatic rings. The van der Waals surface area contributed by atoms with Gasteiger partial charge in [0.2, 0.25) is 15.0 Å². The lowest BCUT2D eigenvalue weighted by atomic mass is 10.3. The quantitative estimate of drug-likeness (QED) is 0.736. The Morgan fingerprint density at radius 3 is 2.73 bits per heavy atom. The Labute approximate surface area is 88.9 Å². The number of hydrogen-bond acceptors (Lipinski definition) is 5. The van der Waals surface area contributed by atoms with Gasteiger partial charge >= 0.3 is 0 Å². The fourth-order valence-corrected chi connectivity index (χ4v) is 3.09. The summed E-state index contributed by atoms with van der Waals surface area (Å²) in [4.78, 5) is 7.53. The molecule has 5 nitrogen and oxygen atoms in total. The molecule has 1 N–H and O–H groups in total. The number of rotatable bonds is 3. The lowest BCUT2D eigenvalue weighted by Crippen LogP contribution is -2.30. The number of hydrogen-bond donors (Lipinski definition) is 1. The van der Waals surface area contributed by atoms with Crippen molar-refractivity contribution in [2.75, 3.05) is 12.3 Å². The highest BCUT2D eigenvalue weighted by molar-refractivity contribution is 7.91. The first kappa shape index (κ1) is 10.5. The van der Waals surface area contributed by atoms with E-state index in [2.05, 4.69) is 15.3 Å². The SMILES string of the molecule is O=S(=O)(CC1CCCN1)c1ncccn1. The van der Waals surface area contributed by atoms with Crippen LogP contribution in [0.4, 0.5) is 0 Å². The van der Waals surface area contributed by atoms with Crippen molar-refractivity contribution in [3.8, 4) is 0 Å². The van der Waals surface area contributed by atoms with Crippen molar-refractivity contribution in [3.63, 3.8) is 0 Å². The monoisotopic (exact) mass is 227 g/mol. The summed E-state index contributed by atoms with van der Waals surface area (Å²) in [5, 5.41) is 3.08. The van der Waals surface area contributed by atoms with Gasteiger partial charge in [-0.2, -0.15) is 0 Å². The topological polar surface area (TPSA) is 72.0 Å². The van der Waals surface area contributed by atoms with Gasteiger partial charge in [0, 0.05) is 18.4 Å². The molecule has 1 aliphatic heterocycles. The van der Waals surface area contributed by atoms with E-state index in [0.29, 0.717) is 0 Å². The minimum Gasteiger partial charge on any atom is -0.313 e. The third kappa shape index (κ3) is 2.51. The first-order valence-electron chi connectivity index (χ1n) is 4.92. The van der Waals surface area contributed by atoms with Crippen LogP contribution in [0.15, 0.2) is 23.6 Å². The second kappa shape index (κ2) is 4.24. The molecule has 1 saturated heterocycles. The summed E-state index contributed by atoms with van der Waals surface area (Å²) in [6.45, 7) is 0.899. The van der Waals surface area contributed by atoms with Gasteiger partial charge in [-0.15, -0.1) is 0 Å². The maximum Gasteiger partial charge on any atom is 0.247 e. The molecule has 1 aromatic rings. The average Bonchev–Trinajstić information content (AvgIpc) is 2.71. The van der Waals surface area contributed by atoms with E-state index in [4.69, 9.17) is 0 Å². The van der Waals surface area contributed by atoms with Crippen LogP contribution < -0.4 is 5.32 Å². The van der Waals surface area contributed by atoms with Crippen LogP contribution in [0.3, 0.4) is 0 Å². The van der Waals surface area contributed by atoms with Crippen molar-refractivity contribution in [1.29, 1.82) is 0 Å². The summed E-state index contributed by atoms with van der Waals surface area (Å²) in [7, 11) is -3.33. The fourth-order valence-electron chi connectivity index (χ4n) is 1.68. The van der Waals surface area contributed by atoms with Gasteiger partial charge in [-0.05, 0) is 25.5 Å². The standard InChI is InChI=1S/C9H13N3O2S/c13-15(14,7-8-3-1-4-10-8)9-11-5-2-6-12-9/h2,5-6,8,10H,1,3-4,7H2. The Hall–Kier alpha value is -1.01. The highest BCUT2D eigenvalue weighted by Gasteiger charge is 2.25. The lowest BCUT2D eigenvalue weighted by molar-refractivity contribution is 0.568. The summed E-state index contributed by atoms with van der Waals surface area (Å²) >= 11 is 0.